The van der Waals surface area contributed by atoms with E-state index >= 15 is 0 Å². The van der Waals surface area contributed by atoms with Gasteiger partial charge in [-0.3, -0.25) is 0 Å². The minimum atomic E-state index is 1.23. The van der Waals surface area contributed by atoms with Crippen molar-refractivity contribution in [3.05, 3.63) is 233 Å². The van der Waals surface area contributed by atoms with Gasteiger partial charge >= 0.3 is 0 Å². The molecule has 0 aliphatic heterocycles. The van der Waals surface area contributed by atoms with Crippen LogP contribution < -0.4 is 0 Å². The van der Waals surface area contributed by atoms with Crippen LogP contribution in [0.1, 0.15) is 33.4 Å². The van der Waals surface area contributed by atoms with Gasteiger partial charge in [0.2, 0.25) is 0 Å². The van der Waals surface area contributed by atoms with E-state index in [0.717, 1.165) is 0 Å². The molecule has 2 aliphatic rings. The molecule has 0 atom stereocenters. The summed E-state index contributed by atoms with van der Waals surface area (Å²) in [4.78, 5) is 0. The Labute approximate surface area is 302 Å². The predicted molar refractivity (Wildman–Crippen MR) is 222 cm³/mol. The van der Waals surface area contributed by atoms with Crippen molar-refractivity contribution in [3.63, 3.8) is 0 Å². The zero-order valence-corrected chi connectivity index (χ0v) is 28.5. The molecule has 0 amide bonds. The number of allylic oxidation sites excluding steroid dienone is 5. The lowest BCUT2D eigenvalue weighted by Gasteiger charge is -2.18. The maximum atomic E-state index is 2.52. The Morgan fingerprint density at radius 3 is 1.10 bits per heavy atom. The van der Waals surface area contributed by atoms with Crippen LogP contribution in [-0.2, 0) is 0 Å². The molecule has 0 spiro atoms. The van der Waals surface area contributed by atoms with E-state index in [1.807, 2.05) is 0 Å². The summed E-state index contributed by atoms with van der Waals surface area (Å²) in [7, 11) is 0. The van der Waals surface area contributed by atoms with E-state index in [9.17, 15) is 0 Å². The van der Waals surface area contributed by atoms with E-state index < -0.39 is 0 Å². The first kappa shape index (κ1) is 29.0. The van der Waals surface area contributed by atoms with Crippen molar-refractivity contribution < 1.29 is 0 Å². The average Bonchev–Trinajstić information content (AvgIpc) is 3.73. The first-order chi connectivity index (χ1) is 25.8. The molecule has 0 aromatic heterocycles. The molecule has 9 aromatic carbocycles. The Hall–Kier alpha value is -6.76. The van der Waals surface area contributed by atoms with E-state index in [4.69, 9.17) is 0 Å². The standard InChI is InChI=1S/C52H32/c1-4-18-34(19-5-1)47-45-31-43-40-28-14-12-26-38(40)39-27-13-15-29-41(39)44(43)32-46(45)51-50(42-30-16-24-33-17-10-11-25-37(33)42)48(35-20-6-2-7-21-35)49(52(47)51)36-22-8-3-9-23-36/h1-32H. The van der Waals surface area contributed by atoms with Crippen molar-refractivity contribution >= 4 is 71.0 Å². The van der Waals surface area contributed by atoms with Gasteiger partial charge in [0.1, 0.15) is 0 Å². The molecular formula is C52H32. The third-order valence-electron chi connectivity index (χ3n) is 11.2. The van der Waals surface area contributed by atoms with Crippen LogP contribution >= 0.6 is 0 Å². The molecule has 240 valence electrons. The second-order valence-electron chi connectivity index (χ2n) is 13.9. The third kappa shape index (κ3) is 4.16. The quantitative estimate of drug-likeness (QED) is 0.165. The molecule has 11 rings (SSSR count). The molecule has 0 heteroatoms. The van der Waals surface area contributed by atoms with Gasteiger partial charge in [0, 0.05) is 0 Å². The lowest BCUT2D eigenvalue weighted by atomic mass is 9.84. The zero-order valence-electron chi connectivity index (χ0n) is 28.5. The molecule has 9 aromatic rings. The van der Waals surface area contributed by atoms with Gasteiger partial charge in [0.25, 0.3) is 0 Å². The molecule has 0 saturated heterocycles. The second kappa shape index (κ2) is 11.4. The van der Waals surface area contributed by atoms with E-state index in [0.29, 0.717) is 0 Å². The maximum absolute atomic E-state index is 2.52. The Kier molecular flexibility index (Phi) is 6.35. The Morgan fingerprint density at radius 1 is 0.192 bits per heavy atom. The van der Waals surface area contributed by atoms with Gasteiger partial charge in [-0.2, -0.15) is 0 Å². The fourth-order valence-corrected chi connectivity index (χ4v) is 9.05. The molecular weight excluding hydrogens is 625 g/mol. The van der Waals surface area contributed by atoms with Crippen molar-refractivity contribution in [2.24, 2.45) is 0 Å². The van der Waals surface area contributed by atoms with Crippen LogP contribution in [0.2, 0.25) is 0 Å². The molecule has 2 aliphatic carbocycles. The summed E-state index contributed by atoms with van der Waals surface area (Å²) in [6.45, 7) is 0. The normalized spacial score (nSPS) is 13.9. The largest absolute Gasteiger partial charge is 0.0622 e. The summed E-state index contributed by atoms with van der Waals surface area (Å²) in [5, 5.41) is 10.3. The van der Waals surface area contributed by atoms with Crippen molar-refractivity contribution in [3.8, 4) is 0 Å². The fourth-order valence-electron chi connectivity index (χ4n) is 9.05. The summed E-state index contributed by atoms with van der Waals surface area (Å²) < 4.78 is 0. The Bertz CT molecular complexity index is 3010. The van der Waals surface area contributed by atoms with Gasteiger partial charge in [-0.15, -0.1) is 0 Å². The lowest BCUT2D eigenvalue weighted by Crippen LogP contribution is -1.96. The van der Waals surface area contributed by atoms with Crippen LogP contribution in [0.15, 0.2) is 200 Å². The Morgan fingerprint density at radius 2 is 0.558 bits per heavy atom. The fraction of sp³-hybridized carbons (Fsp3) is 0. The van der Waals surface area contributed by atoms with Crippen LogP contribution in [0.4, 0.5) is 0 Å². The number of benzene rings is 9. The summed E-state index contributed by atoms with van der Waals surface area (Å²) in [5.41, 5.74) is 15.4. The molecule has 0 radical (unpaired) electrons. The highest BCUT2D eigenvalue weighted by Gasteiger charge is 2.40. The number of hydrogen-bond donors (Lipinski definition) is 0. The summed E-state index contributed by atoms with van der Waals surface area (Å²) in [6, 6.07) is 71.7. The van der Waals surface area contributed by atoms with Crippen LogP contribution in [0, 0.1) is 0 Å². The summed E-state index contributed by atoms with van der Waals surface area (Å²) in [5.74, 6) is 0. The van der Waals surface area contributed by atoms with Crippen LogP contribution in [-0.4, -0.2) is 0 Å². The minimum absolute atomic E-state index is 1.23. The highest BCUT2D eigenvalue weighted by atomic mass is 14.4. The van der Waals surface area contributed by atoms with E-state index in [2.05, 4.69) is 194 Å². The average molecular weight is 657 g/mol. The number of rotatable bonds is 4. The lowest BCUT2D eigenvalue weighted by molar-refractivity contribution is 1.56. The van der Waals surface area contributed by atoms with Crippen molar-refractivity contribution in [2.75, 3.05) is 0 Å². The molecule has 0 heterocycles. The summed E-state index contributed by atoms with van der Waals surface area (Å²) >= 11 is 0. The van der Waals surface area contributed by atoms with E-state index in [-0.39, 0.29) is 0 Å². The molecule has 0 nitrogen and oxygen atoms in total. The zero-order chi connectivity index (χ0) is 34.2. The topological polar surface area (TPSA) is 0 Å². The van der Waals surface area contributed by atoms with Crippen molar-refractivity contribution in [1.82, 2.24) is 0 Å². The second-order valence-corrected chi connectivity index (χ2v) is 13.9. The van der Waals surface area contributed by atoms with Crippen LogP contribution in [0.25, 0.3) is 71.0 Å². The molecule has 0 bridgehead atoms. The molecule has 0 N–H and O–H groups in total. The van der Waals surface area contributed by atoms with Crippen molar-refractivity contribution in [1.29, 1.82) is 0 Å². The van der Waals surface area contributed by atoms with Gasteiger partial charge in [0.15, 0.2) is 0 Å². The third-order valence-corrected chi connectivity index (χ3v) is 11.2. The number of hydrogen-bond acceptors (Lipinski definition) is 0. The smallest absolute Gasteiger partial charge is 0.000137 e. The molecule has 52 heavy (non-hydrogen) atoms. The highest BCUT2D eigenvalue weighted by molar-refractivity contribution is 6.41. The van der Waals surface area contributed by atoms with Gasteiger partial charge in [-0.1, -0.05) is 182 Å². The van der Waals surface area contributed by atoms with Gasteiger partial charge in [-0.25, -0.2) is 0 Å². The number of fused-ring (bicyclic) bond motifs is 10. The molecule has 0 unspecified atom stereocenters. The van der Waals surface area contributed by atoms with Crippen LogP contribution in [0.3, 0.4) is 0 Å². The van der Waals surface area contributed by atoms with E-state index in [1.165, 1.54) is 110 Å². The first-order valence-corrected chi connectivity index (χ1v) is 18.1. The SMILES string of the molecule is c1ccc(C2=C(c3ccccc3)C(c3cccc4ccccc34)=C3C2=C(c2ccccc2)c2cc4c5ccccc5c5ccccc5c4cc23)cc1. The first-order valence-electron chi connectivity index (χ1n) is 18.1. The van der Waals surface area contributed by atoms with Crippen molar-refractivity contribution in [2.45, 2.75) is 0 Å². The monoisotopic (exact) mass is 656 g/mol. The Balaban J connectivity index is 1.39. The minimum Gasteiger partial charge on any atom is -0.0622 e. The summed E-state index contributed by atoms with van der Waals surface area (Å²) in [6.07, 6.45) is 0. The van der Waals surface area contributed by atoms with E-state index in [1.54, 1.807) is 0 Å². The van der Waals surface area contributed by atoms with Gasteiger partial charge < -0.3 is 0 Å². The molecule has 0 fully saturated rings. The predicted octanol–water partition coefficient (Wildman–Crippen LogP) is 13.7. The highest BCUT2D eigenvalue weighted by Crippen LogP contribution is 2.62. The van der Waals surface area contributed by atoms with Gasteiger partial charge in [-0.05, 0) is 122 Å². The van der Waals surface area contributed by atoms with Gasteiger partial charge in [0.05, 0.1) is 0 Å². The molecule has 0 saturated carbocycles. The maximum Gasteiger partial charge on any atom is -0.000137 e. The van der Waals surface area contributed by atoms with Crippen LogP contribution in [0.5, 0.6) is 0 Å².